The number of ether oxygens (including phenoxy) is 2. The van der Waals surface area contributed by atoms with E-state index >= 15 is 0 Å². The van der Waals surface area contributed by atoms with Crippen molar-refractivity contribution in [3.63, 3.8) is 0 Å². The second-order valence-corrected chi connectivity index (χ2v) is 4.05. The first-order chi connectivity index (χ1) is 9.13. The van der Waals surface area contributed by atoms with Crippen molar-refractivity contribution >= 4 is 5.97 Å². The highest BCUT2D eigenvalue weighted by atomic mass is 16.5. The third-order valence-corrected chi connectivity index (χ3v) is 2.60. The fraction of sp³-hybridized carbons (Fsp3) is 0.500. The summed E-state index contributed by atoms with van der Waals surface area (Å²) in [6.45, 7) is 5.01. The minimum atomic E-state index is -0.924. The summed E-state index contributed by atoms with van der Waals surface area (Å²) in [6, 6.07) is 4.45. The first-order valence-electron chi connectivity index (χ1n) is 6.43. The molecule has 1 atom stereocenters. The van der Waals surface area contributed by atoms with Gasteiger partial charge >= 0.3 is 5.97 Å². The third kappa shape index (κ3) is 4.13. The number of carboxylic acids is 1. The highest BCUT2D eigenvalue weighted by Gasteiger charge is 2.19. The maximum atomic E-state index is 11.1. The van der Waals surface area contributed by atoms with E-state index in [1.54, 1.807) is 25.2 Å². The maximum Gasteiger partial charge on any atom is 0.325 e. The first-order valence-corrected chi connectivity index (χ1v) is 6.43. The molecule has 1 unspecified atom stereocenters. The molecule has 0 heterocycles. The molecule has 1 rings (SSSR count). The Morgan fingerprint density at radius 2 is 2.05 bits per heavy atom. The highest BCUT2D eigenvalue weighted by molar-refractivity contribution is 5.75. The van der Waals surface area contributed by atoms with Crippen LogP contribution in [0.5, 0.6) is 11.5 Å². The molecular formula is C14H21NO4. The standard InChI is InChI=1S/C14H21NO4/c1-4-8-19-11-7-6-10(9-12(11)18-5-2)13(15-3)14(16)17/h6-7,9,13,15H,4-5,8H2,1-3H3,(H,16,17). The van der Waals surface area contributed by atoms with Crippen molar-refractivity contribution in [2.45, 2.75) is 26.3 Å². The Morgan fingerprint density at radius 3 is 2.58 bits per heavy atom. The fourth-order valence-corrected chi connectivity index (χ4v) is 1.74. The third-order valence-electron chi connectivity index (χ3n) is 2.60. The van der Waals surface area contributed by atoms with Gasteiger partial charge in [-0.2, -0.15) is 0 Å². The van der Waals surface area contributed by atoms with Crippen LogP contribution in [0.1, 0.15) is 31.9 Å². The Kier molecular flexibility index (Phi) is 6.15. The molecule has 0 aliphatic heterocycles. The number of nitrogens with one attached hydrogen (secondary N) is 1. The SMILES string of the molecule is CCCOc1ccc(C(NC)C(=O)O)cc1OCC. The van der Waals surface area contributed by atoms with Crippen LogP contribution in [0.4, 0.5) is 0 Å². The van der Waals surface area contributed by atoms with Crippen LogP contribution in [0.3, 0.4) is 0 Å². The smallest absolute Gasteiger partial charge is 0.325 e. The molecule has 0 bridgehead atoms. The van der Waals surface area contributed by atoms with Gasteiger partial charge in [-0.05, 0) is 38.1 Å². The molecule has 0 aromatic heterocycles. The van der Waals surface area contributed by atoms with Crippen molar-refractivity contribution in [1.29, 1.82) is 0 Å². The molecular weight excluding hydrogens is 246 g/mol. The lowest BCUT2D eigenvalue weighted by molar-refractivity contribution is -0.139. The molecule has 0 saturated carbocycles. The van der Waals surface area contributed by atoms with Crippen LogP contribution in [-0.4, -0.2) is 31.3 Å². The first kappa shape index (κ1) is 15.3. The van der Waals surface area contributed by atoms with Gasteiger partial charge in [-0.3, -0.25) is 4.79 Å². The highest BCUT2D eigenvalue weighted by Crippen LogP contribution is 2.30. The second-order valence-electron chi connectivity index (χ2n) is 4.05. The van der Waals surface area contributed by atoms with Gasteiger partial charge in [-0.25, -0.2) is 0 Å². The number of likely N-dealkylation sites (N-methyl/N-ethyl adjacent to an activating group) is 1. The van der Waals surface area contributed by atoms with Gasteiger partial charge < -0.3 is 19.9 Å². The maximum absolute atomic E-state index is 11.1. The van der Waals surface area contributed by atoms with E-state index < -0.39 is 12.0 Å². The molecule has 1 aromatic rings. The molecule has 1 aromatic carbocycles. The summed E-state index contributed by atoms with van der Waals surface area (Å²) in [5, 5.41) is 11.9. The van der Waals surface area contributed by atoms with E-state index in [0.717, 1.165) is 6.42 Å². The topological polar surface area (TPSA) is 67.8 Å². The van der Waals surface area contributed by atoms with Crippen LogP contribution in [0.2, 0.25) is 0 Å². The zero-order valence-electron chi connectivity index (χ0n) is 11.6. The number of carboxylic acid groups (broad SMARTS) is 1. The Morgan fingerprint density at radius 1 is 1.32 bits per heavy atom. The molecule has 0 aliphatic rings. The van der Waals surface area contributed by atoms with Crippen molar-refractivity contribution in [1.82, 2.24) is 5.32 Å². The van der Waals surface area contributed by atoms with Crippen LogP contribution >= 0.6 is 0 Å². The van der Waals surface area contributed by atoms with Crippen LogP contribution in [0, 0.1) is 0 Å². The van der Waals surface area contributed by atoms with Crippen molar-refractivity contribution in [3.05, 3.63) is 23.8 Å². The van der Waals surface area contributed by atoms with Gasteiger partial charge in [-0.15, -0.1) is 0 Å². The Bertz CT molecular complexity index is 420. The van der Waals surface area contributed by atoms with Gasteiger partial charge in [0.25, 0.3) is 0 Å². The minimum Gasteiger partial charge on any atom is -0.490 e. The number of hydrogen-bond acceptors (Lipinski definition) is 4. The quantitative estimate of drug-likeness (QED) is 0.756. The molecule has 5 heteroatoms. The zero-order valence-corrected chi connectivity index (χ0v) is 11.6. The molecule has 19 heavy (non-hydrogen) atoms. The molecule has 0 aliphatic carbocycles. The van der Waals surface area contributed by atoms with Gasteiger partial charge in [-0.1, -0.05) is 13.0 Å². The Labute approximate surface area is 113 Å². The fourth-order valence-electron chi connectivity index (χ4n) is 1.74. The molecule has 0 saturated heterocycles. The second kappa shape index (κ2) is 7.63. The zero-order chi connectivity index (χ0) is 14.3. The number of carbonyl (C=O) groups is 1. The van der Waals surface area contributed by atoms with Gasteiger partial charge in [0.1, 0.15) is 6.04 Å². The lowest BCUT2D eigenvalue weighted by Gasteiger charge is -2.16. The Hall–Kier alpha value is -1.75. The molecule has 0 fully saturated rings. The monoisotopic (exact) mass is 267 g/mol. The summed E-state index contributed by atoms with van der Waals surface area (Å²) < 4.78 is 11.1. The van der Waals surface area contributed by atoms with Crippen LogP contribution in [-0.2, 0) is 4.79 Å². The van der Waals surface area contributed by atoms with Crippen molar-refractivity contribution in [2.24, 2.45) is 0 Å². The van der Waals surface area contributed by atoms with Crippen LogP contribution < -0.4 is 14.8 Å². The predicted octanol–water partition coefficient (Wildman–Crippen LogP) is 2.22. The molecule has 106 valence electrons. The molecule has 0 amide bonds. The van der Waals surface area contributed by atoms with Gasteiger partial charge in [0.05, 0.1) is 13.2 Å². The number of rotatable bonds is 8. The van der Waals surface area contributed by atoms with Crippen molar-refractivity contribution in [2.75, 3.05) is 20.3 Å². The predicted molar refractivity (Wildman–Crippen MR) is 72.8 cm³/mol. The number of hydrogen-bond donors (Lipinski definition) is 2. The van der Waals surface area contributed by atoms with E-state index in [2.05, 4.69) is 5.32 Å². The van der Waals surface area contributed by atoms with Gasteiger partial charge in [0.15, 0.2) is 11.5 Å². The van der Waals surface area contributed by atoms with E-state index in [4.69, 9.17) is 14.6 Å². The Balaban J connectivity index is 3.03. The van der Waals surface area contributed by atoms with Gasteiger partial charge in [0.2, 0.25) is 0 Å². The summed E-state index contributed by atoms with van der Waals surface area (Å²) in [4.78, 5) is 11.1. The molecule has 5 nitrogen and oxygen atoms in total. The largest absolute Gasteiger partial charge is 0.490 e. The average molecular weight is 267 g/mol. The molecule has 2 N–H and O–H groups in total. The number of aliphatic carboxylic acids is 1. The minimum absolute atomic E-state index is 0.503. The average Bonchev–Trinajstić information content (AvgIpc) is 2.38. The normalized spacial score (nSPS) is 11.9. The molecule has 0 spiro atoms. The lowest BCUT2D eigenvalue weighted by Crippen LogP contribution is -2.24. The summed E-state index contributed by atoms with van der Waals surface area (Å²) in [7, 11) is 1.61. The van der Waals surface area contributed by atoms with E-state index in [1.807, 2.05) is 13.8 Å². The van der Waals surface area contributed by atoms with Crippen LogP contribution in [0.15, 0.2) is 18.2 Å². The number of benzene rings is 1. The van der Waals surface area contributed by atoms with Crippen molar-refractivity contribution in [3.8, 4) is 11.5 Å². The summed E-state index contributed by atoms with van der Waals surface area (Å²) in [5.74, 6) is 0.301. The summed E-state index contributed by atoms with van der Waals surface area (Å²) >= 11 is 0. The molecule has 0 radical (unpaired) electrons. The summed E-state index contributed by atoms with van der Waals surface area (Å²) in [5.41, 5.74) is 0.641. The van der Waals surface area contributed by atoms with E-state index in [9.17, 15) is 4.79 Å². The van der Waals surface area contributed by atoms with E-state index in [1.165, 1.54) is 0 Å². The van der Waals surface area contributed by atoms with Crippen molar-refractivity contribution < 1.29 is 19.4 Å². The van der Waals surface area contributed by atoms with Gasteiger partial charge in [0, 0.05) is 0 Å². The van der Waals surface area contributed by atoms with Crippen LogP contribution in [0.25, 0.3) is 0 Å². The summed E-state index contributed by atoms with van der Waals surface area (Å²) in [6.07, 6.45) is 0.904. The lowest BCUT2D eigenvalue weighted by atomic mass is 10.1. The van der Waals surface area contributed by atoms with E-state index in [0.29, 0.717) is 30.3 Å². The van der Waals surface area contributed by atoms with E-state index in [-0.39, 0.29) is 0 Å².